The number of aromatic nitrogens is 3. The van der Waals surface area contributed by atoms with Crippen LogP contribution in [0.1, 0.15) is 146 Å². The molecule has 55 heavy (non-hydrogen) atoms. The predicted octanol–water partition coefficient (Wildman–Crippen LogP) is 9.87. The molecule has 4 rings (SSSR count). The number of anilines is 2. The van der Waals surface area contributed by atoms with Gasteiger partial charge in [0.2, 0.25) is 11.8 Å². The summed E-state index contributed by atoms with van der Waals surface area (Å²) in [6.07, 6.45) is 24.1. The molecule has 2 aromatic heterocycles. The lowest BCUT2D eigenvalue weighted by molar-refractivity contribution is -0.117. The van der Waals surface area contributed by atoms with Gasteiger partial charge in [-0.3, -0.25) is 9.59 Å². The number of rotatable bonds is 22. The number of carbonyl (C=O) groups excluding carboxylic acids is 3. The lowest BCUT2D eigenvalue weighted by Crippen LogP contribution is -2.40. The number of pyridine rings is 1. The minimum absolute atomic E-state index is 0.166. The topological polar surface area (TPSA) is 134 Å². The molecule has 3 aromatic rings. The number of ether oxygens (including phenoxy) is 1. The highest BCUT2D eigenvalue weighted by Gasteiger charge is 2.37. The summed E-state index contributed by atoms with van der Waals surface area (Å²) < 4.78 is 6.67. The monoisotopic (exact) mass is 778 g/mol. The number of hydrogen-bond acceptors (Lipinski definition) is 8. The molecule has 0 aliphatic carbocycles. The molecular weight excluding hydrogens is 716 g/mol. The van der Waals surface area contributed by atoms with Crippen molar-refractivity contribution in [2.45, 2.75) is 149 Å². The Hall–Kier alpha value is -4.19. The number of carbonyl (C=O) groups is 3. The Bertz CT molecular complexity index is 1740. The van der Waals surface area contributed by atoms with Crippen LogP contribution in [0.4, 0.5) is 16.3 Å². The van der Waals surface area contributed by atoms with Gasteiger partial charge in [-0.1, -0.05) is 115 Å². The van der Waals surface area contributed by atoms with E-state index in [-0.39, 0.29) is 24.1 Å². The Morgan fingerprint density at radius 3 is 2.13 bits per heavy atom. The van der Waals surface area contributed by atoms with Gasteiger partial charge in [0.1, 0.15) is 11.6 Å². The van der Waals surface area contributed by atoms with Crippen molar-refractivity contribution in [2.24, 2.45) is 5.10 Å². The molecule has 302 valence electrons. The van der Waals surface area contributed by atoms with Crippen LogP contribution >= 0.6 is 11.6 Å². The van der Waals surface area contributed by atoms with Gasteiger partial charge in [0, 0.05) is 37.4 Å². The van der Waals surface area contributed by atoms with E-state index in [9.17, 15) is 14.4 Å². The molecule has 2 N–H and O–H groups in total. The first-order valence-electron chi connectivity index (χ1n) is 20.5. The molecule has 1 aliphatic heterocycles. The molecular formula is C42H63ClN8O4. The summed E-state index contributed by atoms with van der Waals surface area (Å²) in [6, 6.07) is 3.86. The number of hydrogen-bond donors (Lipinski definition) is 2. The zero-order valence-corrected chi connectivity index (χ0v) is 34.7. The number of halogens is 1. The van der Waals surface area contributed by atoms with Crippen LogP contribution in [0.5, 0.6) is 0 Å². The van der Waals surface area contributed by atoms with Crippen molar-refractivity contribution < 1.29 is 19.1 Å². The number of aryl methyl sites for hydroxylation is 1. The van der Waals surface area contributed by atoms with E-state index in [1.54, 1.807) is 36.5 Å². The number of unbranched alkanes of at least 4 members (excludes halogenated alkanes) is 15. The normalized spacial score (nSPS) is 14.1. The van der Waals surface area contributed by atoms with Gasteiger partial charge in [-0.05, 0) is 51.0 Å². The van der Waals surface area contributed by atoms with E-state index in [0.29, 0.717) is 45.4 Å². The smallest absolute Gasteiger partial charge is 0.344 e. The molecule has 0 bridgehead atoms. The third-order valence-corrected chi connectivity index (χ3v) is 10.4. The van der Waals surface area contributed by atoms with E-state index < -0.39 is 17.9 Å². The van der Waals surface area contributed by atoms with Crippen LogP contribution < -0.4 is 15.6 Å². The van der Waals surface area contributed by atoms with Gasteiger partial charge in [-0.25, -0.2) is 14.8 Å². The number of nitrogens with one attached hydrogen (secondary N) is 2. The predicted molar refractivity (Wildman–Crippen MR) is 223 cm³/mol. The summed E-state index contributed by atoms with van der Waals surface area (Å²) in [4.78, 5) is 47.3. The summed E-state index contributed by atoms with van der Waals surface area (Å²) in [5, 5.41) is 17.3. The highest BCUT2D eigenvalue weighted by molar-refractivity contribution is 6.33. The van der Waals surface area contributed by atoms with Gasteiger partial charge in [-0.2, -0.15) is 9.78 Å². The Kier molecular flexibility index (Phi) is 17.7. The Morgan fingerprint density at radius 1 is 0.964 bits per heavy atom. The van der Waals surface area contributed by atoms with E-state index in [4.69, 9.17) is 16.3 Å². The van der Waals surface area contributed by atoms with Crippen LogP contribution in [-0.4, -0.2) is 76.2 Å². The van der Waals surface area contributed by atoms with Gasteiger partial charge < -0.3 is 20.3 Å². The number of nitrogens with zero attached hydrogens (tertiary/aromatic N) is 6. The Balaban J connectivity index is 1.34. The lowest BCUT2D eigenvalue weighted by Gasteiger charge is -2.23. The van der Waals surface area contributed by atoms with Gasteiger partial charge in [0.05, 0.1) is 29.8 Å². The van der Waals surface area contributed by atoms with Crippen molar-refractivity contribution in [3.05, 3.63) is 46.7 Å². The van der Waals surface area contributed by atoms with Crippen molar-refractivity contribution in [1.29, 1.82) is 0 Å². The largest absolute Gasteiger partial charge is 0.483 e. The van der Waals surface area contributed by atoms with Crippen LogP contribution in [0.3, 0.4) is 0 Å². The molecule has 0 radical (unpaired) electrons. The summed E-state index contributed by atoms with van der Waals surface area (Å²) in [5.74, 6) is -0.203. The SMILES string of the molecule is CCCCCCCCCCCCCCCCCCN(C)C(=O)n1cc2cc(C)c(NC(=O)C3CC(OC)=NN3c3ncccc3Cl)c(C(=O)NC(C)C)c2n1. The second-order valence-corrected chi connectivity index (χ2v) is 15.6. The minimum Gasteiger partial charge on any atom is -0.483 e. The van der Waals surface area contributed by atoms with Crippen molar-refractivity contribution in [1.82, 2.24) is 25.0 Å². The first-order chi connectivity index (χ1) is 26.5. The quantitative estimate of drug-likeness (QED) is 0.0970. The zero-order chi connectivity index (χ0) is 39.7. The van der Waals surface area contributed by atoms with Gasteiger partial charge >= 0.3 is 6.03 Å². The zero-order valence-electron chi connectivity index (χ0n) is 34.0. The van der Waals surface area contributed by atoms with Crippen LogP contribution in [0.2, 0.25) is 5.02 Å². The molecule has 12 nitrogen and oxygen atoms in total. The van der Waals surface area contributed by atoms with Gasteiger partial charge in [-0.15, -0.1) is 5.10 Å². The number of benzene rings is 1. The van der Waals surface area contributed by atoms with Crippen molar-refractivity contribution >= 4 is 57.8 Å². The first-order valence-corrected chi connectivity index (χ1v) is 20.8. The second-order valence-electron chi connectivity index (χ2n) is 15.2. The van der Waals surface area contributed by atoms with Gasteiger partial charge in [0.15, 0.2) is 5.82 Å². The van der Waals surface area contributed by atoms with E-state index >= 15 is 0 Å². The van der Waals surface area contributed by atoms with E-state index in [1.807, 2.05) is 26.8 Å². The molecule has 0 spiro atoms. The molecule has 0 saturated carbocycles. The average Bonchev–Trinajstić information content (AvgIpc) is 3.79. The fourth-order valence-corrected chi connectivity index (χ4v) is 7.26. The van der Waals surface area contributed by atoms with E-state index in [1.165, 1.54) is 107 Å². The molecule has 3 heterocycles. The molecule has 0 fully saturated rings. The van der Waals surface area contributed by atoms with Crippen LogP contribution in [0.15, 0.2) is 35.7 Å². The summed E-state index contributed by atoms with van der Waals surface area (Å²) >= 11 is 6.43. The molecule has 1 unspecified atom stereocenters. The molecule has 13 heteroatoms. The Labute approximate surface area is 332 Å². The molecule has 1 aliphatic rings. The standard InChI is InChI=1S/C42H63ClN8O4/c1-7-8-9-10-11-12-13-14-15-16-17-18-19-20-21-22-26-49(5)42(54)50-29-32-27-31(4)37(36(38(32)48-50)41(53)45-30(2)3)46-40(52)34-28-35(55-6)47-51(34)39-33(43)24-23-25-44-39/h23-25,27,29-30,34H,7-22,26,28H2,1-6H3,(H,45,53)(H,46,52). The molecule has 1 atom stereocenters. The maximum Gasteiger partial charge on any atom is 0.344 e. The Morgan fingerprint density at radius 2 is 1.56 bits per heavy atom. The maximum atomic E-state index is 14.0. The fraction of sp³-hybridized carbons (Fsp3) is 0.619. The maximum absolute atomic E-state index is 14.0. The van der Waals surface area contributed by atoms with Crippen molar-refractivity contribution in [3.63, 3.8) is 0 Å². The van der Waals surface area contributed by atoms with Crippen molar-refractivity contribution in [3.8, 4) is 0 Å². The molecule has 1 aromatic carbocycles. The third-order valence-electron chi connectivity index (χ3n) is 10.1. The lowest BCUT2D eigenvalue weighted by atomic mass is 10.0. The number of amides is 3. The highest BCUT2D eigenvalue weighted by Crippen LogP contribution is 2.33. The van der Waals surface area contributed by atoms with Gasteiger partial charge in [0.25, 0.3) is 5.91 Å². The summed E-state index contributed by atoms with van der Waals surface area (Å²) in [7, 11) is 3.26. The molecule has 3 amide bonds. The van der Waals surface area contributed by atoms with E-state index in [0.717, 1.165) is 12.8 Å². The minimum atomic E-state index is -0.851. The first kappa shape index (κ1) is 43.5. The number of hydrazone groups is 1. The van der Waals surface area contributed by atoms with Crippen LogP contribution in [0, 0.1) is 6.92 Å². The summed E-state index contributed by atoms with van der Waals surface area (Å²) in [5.41, 5.74) is 1.43. The van der Waals surface area contributed by atoms with Crippen LogP contribution in [-0.2, 0) is 9.53 Å². The van der Waals surface area contributed by atoms with Crippen molar-refractivity contribution in [2.75, 3.05) is 31.0 Å². The fourth-order valence-electron chi connectivity index (χ4n) is 7.05. The van der Waals surface area contributed by atoms with Crippen LogP contribution in [0.25, 0.3) is 10.9 Å². The molecule has 0 saturated heterocycles. The second kappa shape index (κ2) is 22.4. The summed E-state index contributed by atoms with van der Waals surface area (Å²) in [6.45, 7) is 8.40. The number of fused-ring (bicyclic) bond motifs is 1. The van der Waals surface area contributed by atoms with E-state index in [2.05, 4.69) is 32.7 Å². The third kappa shape index (κ3) is 12.7. The highest BCUT2D eigenvalue weighted by atomic mass is 35.5. The average molecular weight is 779 g/mol. The number of methoxy groups -OCH3 is 1.